The molecule has 0 aliphatic carbocycles. The molecule has 3 nitrogen and oxygen atoms in total. The van der Waals surface area contributed by atoms with Gasteiger partial charge < -0.3 is 9.63 Å². The summed E-state index contributed by atoms with van der Waals surface area (Å²) < 4.78 is 17.4. The fourth-order valence-corrected chi connectivity index (χ4v) is 4.23. The number of hydrogen-bond donors (Lipinski definition) is 1. The van der Waals surface area contributed by atoms with Gasteiger partial charge in [-0.1, -0.05) is 6.58 Å². The largest absolute Gasteiger partial charge is 0.385 e. The zero-order valence-corrected chi connectivity index (χ0v) is 9.30. The van der Waals surface area contributed by atoms with Crippen LogP contribution in [0.3, 0.4) is 0 Å². The highest BCUT2D eigenvalue weighted by atomic mass is 31.2. The average molecular weight is 204 g/mol. The molecule has 13 heavy (non-hydrogen) atoms. The SMILES string of the molecule is C=C1[C@](C)(O)CC[P@@]1(=O)OC(C)C. The molecule has 0 aromatic carbocycles. The maximum atomic E-state index is 12.1. The molecular formula is C9H17O3P. The Labute approximate surface area is 79.2 Å². The van der Waals surface area contributed by atoms with E-state index in [2.05, 4.69) is 6.58 Å². The normalized spacial score (nSPS) is 40.2. The second-order valence-corrected chi connectivity index (χ2v) is 6.57. The molecule has 1 aliphatic heterocycles. The first-order valence-electron chi connectivity index (χ1n) is 4.48. The van der Waals surface area contributed by atoms with Crippen LogP contribution in [0.15, 0.2) is 11.9 Å². The standard InChI is InChI=1S/C9H17O3P/c1-7(2)12-13(11)6-5-9(4,10)8(13)3/h7,10H,3,5-6H2,1-2,4H3/t9-,13-/m1/s1. The predicted octanol–water partition coefficient (Wildman–Crippen LogP) is 2.36. The summed E-state index contributed by atoms with van der Waals surface area (Å²) in [6.45, 7) is 8.98. The van der Waals surface area contributed by atoms with Gasteiger partial charge in [-0.15, -0.1) is 0 Å². The van der Waals surface area contributed by atoms with Gasteiger partial charge in [0.15, 0.2) is 0 Å². The molecule has 1 aliphatic rings. The van der Waals surface area contributed by atoms with Crippen molar-refractivity contribution in [3.63, 3.8) is 0 Å². The minimum atomic E-state index is -2.78. The molecule has 0 spiro atoms. The third-order valence-corrected chi connectivity index (χ3v) is 5.19. The third-order valence-electron chi connectivity index (χ3n) is 2.31. The lowest BCUT2D eigenvalue weighted by Crippen LogP contribution is -2.20. The van der Waals surface area contributed by atoms with E-state index in [1.165, 1.54) is 0 Å². The maximum absolute atomic E-state index is 12.1. The fraction of sp³-hybridized carbons (Fsp3) is 0.778. The molecule has 0 aromatic rings. The molecule has 0 saturated carbocycles. The van der Waals surface area contributed by atoms with Gasteiger partial charge in [0.05, 0.1) is 11.7 Å². The van der Waals surface area contributed by atoms with Crippen LogP contribution in [-0.2, 0) is 9.09 Å². The van der Waals surface area contributed by atoms with E-state index in [-0.39, 0.29) is 6.10 Å². The topological polar surface area (TPSA) is 46.5 Å². The molecule has 0 amide bonds. The molecular weight excluding hydrogens is 187 g/mol. The highest BCUT2D eigenvalue weighted by Gasteiger charge is 2.46. The minimum absolute atomic E-state index is 0.0866. The smallest absolute Gasteiger partial charge is 0.230 e. The molecule has 1 fully saturated rings. The molecule has 76 valence electrons. The van der Waals surface area contributed by atoms with Crippen molar-refractivity contribution >= 4 is 7.37 Å². The van der Waals surface area contributed by atoms with Crippen molar-refractivity contribution < 1.29 is 14.2 Å². The minimum Gasteiger partial charge on any atom is -0.385 e. The summed E-state index contributed by atoms with van der Waals surface area (Å²) in [6.07, 6.45) is 0.809. The first kappa shape index (κ1) is 11.0. The van der Waals surface area contributed by atoms with Gasteiger partial charge in [0.2, 0.25) is 7.37 Å². The molecule has 0 aromatic heterocycles. The predicted molar refractivity (Wildman–Crippen MR) is 53.1 cm³/mol. The summed E-state index contributed by atoms with van der Waals surface area (Å²) in [7, 11) is -2.78. The second-order valence-electron chi connectivity index (χ2n) is 4.02. The maximum Gasteiger partial charge on any atom is 0.230 e. The fourth-order valence-electron chi connectivity index (χ4n) is 1.47. The van der Waals surface area contributed by atoms with Gasteiger partial charge in [0, 0.05) is 11.5 Å². The molecule has 1 N–H and O–H groups in total. The van der Waals surface area contributed by atoms with E-state index in [9.17, 15) is 9.67 Å². The Morgan fingerprint density at radius 2 is 2.23 bits per heavy atom. The van der Waals surface area contributed by atoms with Crippen molar-refractivity contribution in [3.8, 4) is 0 Å². The van der Waals surface area contributed by atoms with E-state index < -0.39 is 13.0 Å². The van der Waals surface area contributed by atoms with Gasteiger partial charge in [-0.3, -0.25) is 4.57 Å². The van der Waals surface area contributed by atoms with Crippen LogP contribution in [0.25, 0.3) is 0 Å². The van der Waals surface area contributed by atoms with Crippen molar-refractivity contribution in [1.82, 2.24) is 0 Å². The molecule has 2 atom stereocenters. The zero-order chi connectivity index (χ0) is 10.3. The van der Waals surface area contributed by atoms with Crippen molar-refractivity contribution in [2.75, 3.05) is 6.16 Å². The Morgan fingerprint density at radius 3 is 2.54 bits per heavy atom. The van der Waals surface area contributed by atoms with Crippen molar-refractivity contribution in [2.24, 2.45) is 0 Å². The van der Waals surface area contributed by atoms with Crippen LogP contribution in [0.5, 0.6) is 0 Å². The summed E-state index contributed by atoms with van der Waals surface area (Å²) in [5.41, 5.74) is -1.01. The van der Waals surface area contributed by atoms with Crippen molar-refractivity contribution in [2.45, 2.75) is 38.9 Å². The Morgan fingerprint density at radius 1 is 1.69 bits per heavy atom. The molecule has 1 heterocycles. The summed E-state index contributed by atoms with van der Waals surface area (Å²) in [5.74, 6) is 0. The van der Waals surface area contributed by atoms with Crippen LogP contribution in [0.1, 0.15) is 27.2 Å². The van der Waals surface area contributed by atoms with E-state index in [0.717, 1.165) is 0 Å². The van der Waals surface area contributed by atoms with Gasteiger partial charge in [-0.05, 0) is 27.2 Å². The molecule has 4 heteroatoms. The van der Waals surface area contributed by atoms with Gasteiger partial charge >= 0.3 is 0 Å². The highest BCUT2D eigenvalue weighted by Crippen LogP contribution is 2.65. The van der Waals surface area contributed by atoms with Gasteiger partial charge in [-0.25, -0.2) is 0 Å². The van der Waals surface area contributed by atoms with E-state index in [1.807, 2.05) is 13.8 Å². The van der Waals surface area contributed by atoms with Crippen molar-refractivity contribution in [1.29, 1.82) is 0 Å². The summed E-state index contributed by atoms with van der Waals surface area (Å²) in [6, 6.07) is 0. The molecule has 1 saturated heterocycles. The Bertz CT molecular complexity index is 268. The molecule has 0 bridgehead atoms. The van der Waals surface area contributed by atoms with Crippen LogP contribution >= 0.6 is 7.37 Å². The third kappa shape index (κ3) is 2.04. The first-order chi connectivity index (χ1) is 5.78. The lowest BCUT2D eigenvalue weighted by atomic mass is 10.1. The lowest BCUT2D eigenvalue weighted by Gasteiger charge is -2.21. The number of hydrogen-bond acceptors (Lipinski definition) is 3. The van der Waals surface area contributed by atoms with Crippen LogP contribution in [0, 0.1) is 0 Å². The van der Waals surface area contributed by atoms with Crippen LogP contribution in [0.2, 0.25) is 0 Å². The van der Waals surface area contributed by atoms with Gasteiger partial charge in [0.1, 0.15) is 0 Å². The van der Waals surface area contributed by atoms with E-state index in [0.29, 0.717) is 17.9 Å². The van der Waals surface area contributed by atoms with E-state index >= 15 is 0 Å². The Hall–Kier alpha value is -0.110. The summed E-state index contributed by atoms with van der Waals surface area (Å²) in [4.78, 5) is 0. The summed E-state index contributed by atoms with van der Waals surface area (Å²) in [5, 5.41) is 10.1. The number of rotatable bonds is 2. The average Bonchev–Trinajstić information content (AvgIpc) is 2.14. The van der Waals surface area contributed by atoms with Crippen LogP contribution in [-0.4, -0.2) is 23.0 Å². The Balaban J connectivity index is 2.85. The Kier molecular flexibility index (Phi) is 2.73. The lowest BCUT2D eigenvalue weighted by molar-refractivity contribution is 0.109. The molecule has 0 unspecified atom stereocenters. The van der Waals surface area contributed by atoms with Crippen LogP contribution in [0.4, 0.5) is 0 Å². The molecule has 0 radical (unpaired) electrons. The van der Waals surface area contributed by atoms with Crippen LogP contribution < -0.4 is 0 Å². The van der Waals surface area contributed by atoms with E-state index in [1.54, 1.807) is 6.92 Å². The zero-order valence-electron chi connectivity index (χ0n) is 8.41. The van der Waals surface area contributed by atoms with Gasteiger partial charge in [-0.2, -0.15) is 0 Å². The summed E-state index contributed by atoms with van der Waals surface area (Å²) >= 11 is 0. The highest BCUT2D eigenvalue weighted by molar-refractivity contribution is 7.64. The monoisotopic (exact) mass is 204 g/mol. The number of aliphatic hydroxyl groups is 1. The van der Waals surface area contributed by atoms with E-state index in [4.69, 9.17) is 4.52 Å². The van der Waals surface area contributed by atoms with Crippen molar-refractivity contribution in [3.05, 3.63) is 11.9 Å². The molecule has 1 rings (SSSR count). The van der Waals surface area contributed by atoms with Gasteiger partial charge in [0.25, 0.3) is 0 Å². The quantitative estimate of drug-likeness (QED) is 0.702. The first-order valence-corrected chi connectivity index (χ1v) is 6.29. The second kappa shape index (κ2) is 3.23.